The van der Waals surface area contributed by atoms with Crippen molar-refractivity contribution in [1.82, 2.24) is 9.55 Å². The molecule has 1 aromatic carbocycles. The number of rotatable bonds is 3. The number of pyridine rings is 1. The van der Waals surface area contributed by atoms with E-state index in [0.717, 1.165) is 28.7 Å². The smallest absolute Gasteiger partial charge is 0.337 e. The third kappa shape index (κ3) is 2.85. The first kappa shape index (κ1) is 15.3. The van der Waals surface area contributed by atoms with Crippen LogP contribution in [-0.4, -0.2) is 20.6 Å². The van der Waals surface area contributed by atoms with Gasteiger partial charge in [-0.05, 0) is 42.0 Å². The van der Waals surface area contributed by atoms with Gasteiger partial charge in [-0.25, -0.2) is 9.18 Å². The van der Waals surface area contributed by atoms with Gasteiger partial charge in [0.15, 0.2) is 0 Å². The summed E-state index contributed by atoms with van der Waals surface area (Å²) in [4.78, 5) is 16.2. The van der Waals surface area contributed by atoms with Gasteiger partial charge in [-0.2, -0.15) is 0 Å². The Morgan fingerprint density at radius 2 is 2.16 bits per heavy atom. The summed E-state index contributed by atoms with van der Waals surface area (Å²) >= 11 is 0. The Balaban J connectivity index is 1.82. The van der Waals surface area contributed by atoms with E-state index in [1.165, 1.54) is 6.07 Å². The predicted molar refractivity (Wildman–Crippen MR) is 94.1 cm³/mol. The van der Waals surface area contributed by atoms with Crippen molar-refractivity contribution >= 4 is 29.0 Å². The summed E-state index contributed by atoms with van der Waals surface area (Å²) in [6.07, 6.45) is 10.8. The maximum Gasteiger partial charge on any atom is 0.337 e. The molecule has 2 aromatic heterocycles. The van der Waals surface area contributed by atoms with E-state index in [2.05, 4.69) is 17.1 Å². The number of fused-ring (bicyclic) bond motifs is 2. The van der Waals surface area contributed by atoms with Crippen molar-refractivity contribution in [3.05, 3.63) is 76.3 Å². The third-order valence-electron chi connectivity index (χ3n) is 4.27. The molecule has 4 rings (SSSR count). The number of carbonyl (C=O) groups is 1. The van der Waals surface area contributed by atoms with Gasteiger partial charge in [0.25, 0.3) is 0 Å². The van der Waals surface area contributed by atoms with Gasteiger partial charge in [-0.15, -0.1) is 0 Å². The Morgan fingerprint density at radius 3 is 3.00 bits per heavy atom. The zero-order chi connectivity index (χ0) is 17.4. The molecule has 124 valence electrons. The number of carboxylic acid groups (broad SMARTS) is 1. The molecule has 1 aliphatic rings. The summed E-state index contributed by atoms with van der Waals surface area (Å²) in [5.41, 5.74) is 1.27. The lowest BCUT2D eigenvalue weighted by molar-refractivity contribution is 0.0698. The van der Waals surface area contributed by atoms with Crippen LogP contribution in [0, 0.1) is 5.82 Å². The van der Waals surface area contributed by atoms with E-state index in [1.807, 2.05) is 24.3 Å². The van der Waals surface area contributed by atoms with E-state index in [1.54, 1.807) is 16.8 Å². The van der Waals surface area contributed by atoms with Crippen LogP contribution in [0.5, 0.6) is 0 Å². The van der Waals surface area contributed by atoms with Crippen LogP contribution in [0.1, 0.15) is 22.5 Å². The minimum absolute atomic E-state index is 0.0439. The summed E-state index contributed by atoms with van der Waals surface area (Å²) in [5, 5.41) is 11.9. The summed E-state index contributed by atoms with van der Waals surface area (Å²) < 4.78 is 15.4. The summed E-state index contributed by atoms with van der Waals surface area (Å²) in [6.45, 7) is 0.417. The van der Waals surface area contributed by atoms with Crippen molar-refractivity contribution in [3.63, 3.8) is 0 Å². The molecule has 3 aromatic rings. The van der Waals surface area contributed by atoms with Crippen LogP contribution in [0.25, 0.3) is 23.1 Å². The number of nitrogens with zero attached hydrogens (tertiary/aromatic N) is 2. The third-order valence-corrected chi connectivity index (χ3v) is 4.27. The maximum atomic E-state index is 13.6. The molecule has 25 heavy (non-hydrogen) atoms. The molecule has 0 atom stereocenters. The van der Waals surface area contributed by atoms with Crippen LogP contribution >= 0.6 is 0 Å². The molecule has 0 amide bonds. The van der Waals surface area contributed by atoms with Crippen LogP contribution in [-0.2, 0) is 6.54 Å². The number of allylic oxidation sites excluding steroid dienone is 2. The number of aromatic carboxylic acids is 1. The van der Waals surface area contributed by atoms with Crippen LogP contribution in [0.15, 0.2) is 48.7 Å². The number of carboxylic acids is 1. The molecule has 0 saturated heterocycles. The minimum Gasteiger partial charge on any atom is -0.478 e. The molecule has 0 unspecified atom stereocenters. The van der Waals surface area contributed by atoms with E-state index in [9.17, 15) is 14.3 Å². The molecule has 1 aliphatic carbocycles. The highest BCUT2D eigenvalue weighted by Crippen LogP contribution is 2.23. The molecule has 0 spiro atoms. The minimum atomic E-state index is -1.15. The molecule has 0 bridgehead atoms. The maximum absolute atomic E-state index is 13.6. The zero-order valence-electron chi connectivity index (χ0n) is 13.3. The van der Waals surface area contributed by atoms with Gasteiger partial charge >= 0.3 is 5.97 Å². The fraction of sp³-hybridized carbons (Fsp3) is 0.100. The monoisotopic (exact) mass is 334 g/mol. The van der Waals surface area contributed by atoms with Crippen molar-refractivity contribution in [1.29, 1.82) is 0 Å². The summed E-state index contributed by atoms with van der Waals surface area (Å²) in [6, 6.07) is 8.07. The molecule has 1 N–H and O–H groups in total. The normalized spacial score (nSPS) is 13.0. The highest BCUT2D eigenvalue weighted by Gasteiger charge is 2.15. The van der Waals surface area contributed by atoms with E-state index in [4.69, 9.17) is 0 Å². The Hall–Kier alpha value is -3.21. The molecule has 0 fully saturated rings. The molecule has 5 heteroatoms. The molecule has 4 nitrogen and oxygen atoms in total. The molecule has 2 heterocycles. The quantitative estimate of drug-likeness (QED) is 0.800. The van der Waals surface area contributed by atoms with Crippen molar-refractivity contribution in [2.24, 2.45) is 0 Å². The largest absolute Gasteiger partial charge is 0.478 e. The Morgan fingerprint density at radius 1 is 1.28 bits per heavy atom. The molecule has 0 saturated carbocycles. The highest BCUT2D eigenvalue weighted by atomic mass is 19.1. The second-order valence-electron chi connectivity index (χ2n) is 5.95. The van der Waals surface area contributed by atoms with Crippen LogP contribution < -0.4 is 10.6 Å². The lowest BCUT2D eigenvalue weighted by atomic mass is 10.1. The Labute approximate surface area is 142 Å². The standard InChI is InChI=1S/C20H15FN2O2/c21-15-10-14-8-9-23(19(14)17(11-15)20(24)25)12-16-7-6-13-4-2-1-3-5-18(13)22-16/h1,3-11H,2,12H2,(H,24,25). The lowest BCUT2D eigenvalue weighted by Gasteiger charge is -2.08. The number of aromatic nitrogens is 2. The first-order valence-electron chi connectivity index (χ1n) is 7.96. The van der Waals surface area contributed by atoms with Crippen molar-refractivity contribution in [3.8, 4) is 0 Å². The van der Waals surface area contributed by atoms with E-state index < -0.39 is 11.8 Å². The van der Waals surface area contributed by atoms with Crippen molar-refractivity contribution in [2.75, 3.05) is 0 Å². The van der Waals surface area contributed by atoms with E-state index in [-0.39, 0.29) is 5.56 Å². The van der Waals surface area contributed by atoms with Gasteiger partial charge in [-0.1, -0.05) is 24.3 Å². The van der Waals surface area contributed by atoms with Crippen LogP contribution in [0.2, 0.25) is 0 Å². The zero-order valence-corrected chi connectivity index (χ0v) is 13.3. The van der Waals surface area contributed by atoms with E-state index >= 15 is 0 Å². The molecule has 0 radical (unpaired) electrons. The summed E-state index contributed by atoms with van der Waals surface area (Å²) in [5.74, 6) is -1.70. The van der Waals surface area contributed by atoms with Crippen molar-refractivity contribution in [2.45, 2.75) is 13.0 Å². The molecular formula is C20H15FN2O2. The predicted octanol–water partition coefficient (Wildman–Crippen LogP) is 2.44. The van der Waals surface area contributed by atoms with Gasteiger partial charge in [0, 0.05) is 11.6 Å². The fourth-order valence-electron chi connectivity index (χ4n) is 3.14. The van der Waals surface area contributed by atoms with Crippen LogP contribution in [0.3, 0.4) is 0 Å². The second-order valence-corrected chi connectivity index (χ2v) is 5.95. The van der Waals surface area contributed by atoms with Crippen molar-refractivity contribution < 1.29 is 14.3 Å². The number of benzene rings is 1. The topological polar surface area (TPSA) is 55.1 Å². The van der Waals surface area contributed by atoms with Gasteiger partial charge in [0.2, 0.25) is 0 Å². The lowest BCUT2D eigenvalue weighted by Crippen LogP contribution is -2.28. The first-order valence-corrected chi connectivity index (χ1v) is 7.96. The number of hydrogen-bond donors (Lipinski definition) is 1. The van der Waals surface area contributed by atoms with Gasteiger partial charge in [0.05, 0.1) is 28.7 Å². The average molecular weight is 334 g/mol. The Bertz CT molecular complexity index is 1140. The number of hydrogen-bond acceptors (Lipinski definition) is 2. The first-order chi connectivity index (χ1) is 12.1. The number of halogens is 1. The average Bonchev–Trinajstić information content (AvgIpc) is 2.83. The van der Waals surface area contributed by atoms with E-state index in [0.29, 0.717) is 17.4 Å². The molecule has 0 aliphatic heterocycles. The van der Waals surface area contributed by atoms with Gasteiger partial charge in [0.1, 0.15) is 5.82 Å². The summed E-state index contributed by atoms with van der Waals surface area (Å²) in [7, 11) is 0. The SMILES string of the molecule is O=C(O)c1cc(F)cc2ccn(Cc3ccc4c(n3)=CC=CCC=4)c12. The fourth-order valence-corrected chi connectivity index (χ4v) is 3.14. The van der Waals surface area contributed by atoms with Crippen LogP contribution in [0.4, 0.5) is 4.39 Å². The van der Waals surface area contributed by atoms with Gasteiger partial charge < -0.3 is 9.67 Å². The highest BCUT2D eigenvalue weighted by molar-refractivity contribution is 6.02. The second kappa shape index (κ2) is 6.02. The molecular weight excluding hydrogens is 319 g/mol. The Kier molecular flexibility index (Phi) is 3.69. The van der Waals surface area contributed by atoms with Gasteiger partial charge in [-0.3, -0.25) is 4.98 Å².